The van der Waals surface area contributed by atoms with Crippen molar-refractivity contribution in [2.75, 3.05) is 24.6 Å². The molecule has 2 heterocycles. The van der Waals surface area contributed by atoms with Gasteiger partial charge >= 0.3 is 5.97 Å². The van der Waals surface area contributed by atoms with Crippen LogP contribution in [0.25, 0.3) is 0 Å². The molecule has 1 aliphatic rings. The van der Waals surface area contributed by atoms with Gasteiger partial charge in [0.15, 0.2) is 6.61 Å². The van der Waals surface area contributed by atoms with Crippen molar-refractivity contribution < 1.29 is 23.6 Å². The average molecular weight is 494 g/mol. The molecule has 2 aromatic carbocycles. The number of aryl methyl sites for hydroxylation is 2. The predicted molar refractivity (Wildman–Crippen MR) is 133 cm³/mol. The summed E-state index contributed by atoms with van der Waals surface area (Å²) in [4.78, 5) is 38.4. The number of rotatable bonds is 9. The van der Waals surface area contributed by atoms with E-state index in [9.17, 15) is 24.1 Å². The molecule has 1 aromatic heterocycles. The van der Waals surface area contributed by atoms with Crippen LogP contribution >= 0.6 is 0 Å². The number of anilines is 1. The summed E-state index contributed by atoms with van der Waals surface area (Å²) >= 11 is 0. The number of hydrogen-bond acceptors (Lipinski definition) is 6. The van der Waals surface area contributed by atoms with Crippen LogP contribution in [-0.4, -0.2) is 40.9 Å². The number of ether oxygens (including phenoxy) is 1. The molecule has 1 saturated heterocycles. The van der Waals surface area contributed by atoms with E-state index in [1.54, 1.807) is 24.3 Å². The summed E-state index contributed by atoms with van der Waals surface area (Å²) in [6.07, 6.45) is 2.61. The lowest BCUT2D eigenvalue weighted by Crippen LogP contribution is -2.19. The molecule has 188 valence electrons. The molecule has 0 amide bonds. The molecule has 0 radical (unpaired) electrons. The molecule has 3 aromatic rings. The summed E-state index contributed by atoms with van der Waals surface area (Å²) in [6.45, 7) is 5.34. The molecule has 1 fully saturated rings. The molecular weight excluding hydrogens is 465 g/mol. The van der Waals surface area contributed by atoms with E-state index in [0.717, 1.165) is 42.9 Å². The molecule has 4 rings (SSSR count). The van der Waals surface area contributed by atoms with Crippen LogP contribution in [0, 0.1) is 29.8 Å². The smallest absolute Gasteiger partial charge is 0.338 e. The first-order valence-corrected chi connectivity index (χ1v) is 11.9. The highest BCUT2D eigenvalue weighted by molar-refractivity contribution is 6.00. The van der Waals surface area contributed by atoms with Crippen LogP contribution in [0.15, 0.2) is 48.5 Å². The van der Waals surface area contributed by atoms with E-state index in [1.165, 1.54) is 24.3 Å². The third kappa shape index (κ3) is 5.45. The van der Waals surface area contributed by atoms with Gasteiger partial charge in [-0.05, 0) is 69.0 Å². The average Bonchev–Trinajstić information content (AvgIpc) is 3.50. The fourth-order valence-corrected chi connectivity index (χ4v) is 4.63. The normalized spacial score (nSPS) is 13.1. The van der Waals surface area contributed by atoms with Crippen LogP contribution in [0.2, 0.25) is 0 Å². The van der Waals surface area contributed by atoms with E-state index in [2.05, 4.69) is 0 Å². The van der Waals surface area contributed by atoms with Crippen molar-refractivity contribution in [2.45, 2.75) is 39.7 Å². The predicted octanol–water partition coefficient (Wildman–Crippen LogP) is 5.03. The minimum Gasteiger partial charge on any atom is -0.454 e. The van der Waals surface area contributed by atoms with Gasteiger partial charge in [0, 0.05) is 42.7 Å². The van der Waals surface area contributed by atoms with Gasteiger partial charge in [-0.3, -0.25) is 14.9 Å². The van der Waals surface area contributed by atoms with Gasteiger partial charge in [-0.15, -0.1) is 0 Å². The lowest BCUT2D eigenvalue weighted by atomic mass is 10.1. The highest BCUT2D eigenvalue weighted by atomic mass is 19.1. The maximum atomic E-state index is 13.1. The molecule has 0 N–H and O–H groups in total. The molecule has 8 nitrogen and oxygen atoms in total. The van der Waals surface area contributed by atoms with Gasteiger partial charge in [0.25, 0.3) is 5.69 Å². The SMILES string of the molecule is Cc1cc(C(=O)COC(=O)c2ccc(N3CCCC3)c([N+](=O)[O-])c2)c(C)n1CCc1ccc(F)cc1. The first-order chi connectivity index (χ1) is 17.2. The summed E-state index contributed by atoms with van der Waals surface area (Å²) in [7, 11) is 0. The van der Waals surface area contributed by atoms with E-state index in [0.29, 0.717) is 24.2 Å². The van der Waals surface area contributed by atoms with E-state index in [4.69, 9.17) is 4.74 Å². The number of nitro benzene ring substituents is 1. The Labute approximate surface area is 208 Å². The van der Waals surface area contributed by atoms with Crippen LogP contribution in [0.1, 0.15) is 50.5 Å². The number of nitrogens with zero attached hydrogens (tertiary/aromatic N) is 3. The first kappa shape index (κ1) is 25.1. The summed E-state index contributed by atoms with van der Waals surface area (Å²) in [5.74, 6) is -1.43. The van der Waals surface area contributed by atoms with Gasteiger partial charge in [-0.2, -0.15) is 0 Å². The van der Waals surface area contributed by atoms with Crippen molar-refractivity contribution >= 4 is 23.1 Å². The zero-order valence-electron chi connectivity index (χ0n) is 20.3. The number of carbonyl (C=O) groups excluding carboxylic acids is 2. The number of nitro groups is 1. The number of Topliss-reactive ketones (excluding diaryl/α,β-unsaturated/α-hetero) is 1. The van der Waals surface area contributed by atoms with Crippen molar-refractivity contribution in [3.8, 4) is 0 Å². The third-order valence-electron chi connectivity index (χ3n) is 6.60. The second-order valence-corrected chi connectivity index (χ2v) is 8.97. The fourth-order valence-electron chi connectivity index (χ4n) is 4.63. The quantitative estimate of drug-likeness (QED) is 0.180. The number of carbonyl (C=O) groups is 2. The number of aromatic nitrogens is 1. The van der Waals surface area contributed by atoms with Crippen molar-refractivity contribution in [1.82, 2.24) is 4.57 Å². The van der Waals surface area contributed by atoms with E-state index in [1.807, 2.05) is 23.3 Å². The van der Waals surface area contributed by atoms with Crippen LogP contribution in [0.3, 0.4) is 0 Å². The highest BCUT2D eigenvalue weighted by Crippen LogP contribution is 2.32. The van der Waals surface area contributed by atoms with Crippen LogP contribution in [0.4, 0.5) is 15.8 Å². The van der Waals surface area contributed by atoms with Crippen molar-refractivity contribution in [3.63, 3.8) is 0 Å². The van der Waals surface area contributed by atoms with Crippen LogP contribution in [0.5, 0.6) is 0 Å². The van der Waals surface area contributed by atoms with Gasteiger partial charge in [-0.25, -0.2) is 9.18 Å². The van der Waals surface area contributed by atoms with Crippen LogP contribution in [-0.2, 0) is 17.7 Å². The Bertz CT molecular complexity index is 1290. The number of benzene rings is 2. The minimum absolute atomic E-state index is 0.0298. The number of ketones is 1. The number of halogens is 1. The number of hydrogen-bond donors (Lipinski definition) is 0. The second kappa shape index (κ2) is 10.7. The number of esters is 1. The zero-order chi connectivity index (χ0) is 25.8. The molecule has 0 saturated carbocycles. The molecular formula is C27H28FN3O5. The van der Waals surface area contributed by atoms with Crippen molar-refractivity contribution in [3.05, 3.63) is 92.5 Å². The Kier molecular flexibility index (Phi) is 7.47. The lowest BCUT2D eigenvalue weighted by Gasteiger charge is -2.17. The van der Waals surface area contributed by atoms with Gasteiger partial charge < -0.3 is 14.2 Å². The van der Waals surface area contributed by atoms with E-state index >= 15 is 0 Å². The molecule has 9 heteroatoms. The monoisotopic (exact) mass is 493 g/mol. The Morgan fingerprint density at radius 3 is 2.42 bits per heavy atom. The fraction of sp³-hybridized carbons (Fsp3) is 0.333. The van der Waals surface area contributed by atoms with Gasteiger partial charge in [0.1, 0.15) is 11.5 Å². The molecule has 0 spiro atoms. The van der Waals surface area contributed by atoms with E-state index < -0.39 is 17.5 Å². The summed E-state index contributed by atoms with van der Waals surface area (Å²) in [6, 6.07) is 12.3. The Balaban J connectivity index is 1.41. The highest BCUT2D eigenvalue weighted by Gasteiger charge is 2.25. The van der Waals surface area contributed by atoms with Gasteiger partial charge in [0.2, 0.25) is 5.78 Å². The Morgan fingerprint density at radius 1 is 1.06 bits per heavy atom. The molecule has 0 bridgehead atoms. The molecule has 36 heavy (non-hydrogen) atoms. The lowest BCUT2D eigenvalue weighted by molar-refractivity contribution is -0.384. The molecule has 1 aliphatic heterocycles. The second-order valence-electron chi connectivity index (χ2n) is 8.97. The Morgan fingerprint density at radius 2 is 1.75 bits per heavy atom. The summed E-state index contributed by atoms with van der Waals surface area (Å²) < 4.78 is 20.4. The third-order valence-corrected chi connectivity index (χ3v) is 6.60. The van der Waals surface area contributed by atoms with Crippen molar-refractivity contribution in [1.29, 1.82) is 0 Å². The Hall–Kier alpha value is -4.01. The maximum Gasteiger partial charge on any atom is 0.338 e. The largest absolute Gasteiger partial charge is 0.454 e. The van der Waals surface area contributed by atoms with Gasteiger partial charge in [-0.1, -0.05) is 12.1 Å². The molecule has 0 aliphatic carbocycles. The molecule has 0 unspecified atom stereocenters. The zero-order valence-corrected chi connectivity index (χ0v) is 20.3. The van der Waals surface area contributed by atoms with Gasteiger partial charge in [0.05, 0.1) is 10.5 Å². The minimum atomic E-state index is -0.787. The summed E-state index contributed by atoms with van der Waals surface area (Å²) in [5, 5.41) is 11.6. The van der Waals surface area contributed by atoms with Crippen LogP contribution < -0.4 is 4.90 Å². The standard InChI is InChI=1S/C27H28FN3O5/c1-18-15-23(19(2)30(18)14-11-20-5-8-22(28)9-6-20)26(32)17-36-27(33)21-7-10-24(25(16-21)31(34)35)29-12-3-4-13-29/h5-10,15-16H,3-4,11-14,17H2,1-2H3. The topological polar surface area (TPSA) is 94.7 Å². The molecule has 0 atom stereocenters. The maximum absolute atomic E-state index is 13.1. The van der Waals surface area contributed by atoms with E-state index in [-0.39, 0.29) is 22.9 Å². The summed E-state index contributed by atoms with van der Waals surface area (Å²) in [5.41, 5.74) is 3.44. The first-order valence-electron chi connectivity index (χ1n) is 11.9. The van der Waals surface area contributed by atoms with Crippen molar-refractivity contribution in [2.24, 2.45) is 0 Å².